The second kappa shape index (κ2) is 11.1. The largest absolute Gasteiger partial charge is 0.348 e. The number of hydrogen-bond acceptors (Lipinski definition) is 5. The van der Waals surface area contributed by atoms with Gasteiger partial charge in [-0.1, -0.05) is 29.8 Å². The summed E-state index contributed by atoms with van der Waals surface area (Å²) in [5.41, 5.74) is 4.99. The molecule has 1 aromatic heterocycles. The monoisotopic (exact) mass is 487 g/mol. The van der Waals surface area contributed by atoms with Crippen molar-refractivity contribution >= 4 is 40.6 Å². The van der Waals surface area contributed by atoms with Crippen molar-refractivity contribution in [2.75, 3.05) is 5.32 Å². The summed E-state index contributed by atoms with van der Waals surface area (Å²) < 4.78 is 0. The lowest BCUT2D eigenvalue weighted by molar-refractivity contribution is 0.0950. The number of aryl methyl sites for hydroxylation is 2. The van der Waals surface area contributed by atoms with Gasteiger partial charge in [-0.25, -0.2) is 4.98 Å². The van der Waals surface area contributed by atoms with E-state index in [4.69, 9.17) is 0 Å². The Morgan fingerprint density at radius 3 is 2.32 bits per heavy atom. The topological polar surface area (TPSA) is 71.1 Å². The molecule has 0 aliphatic carbocycles. The van der Waals surface area contributed by atoms with E-state index < -0.39 is 0 Å². The molecule has 0 aliphatic rings. The van der Waals surface area contributed by atoms with E-state index in [0.29, 0.717) is 23.4 Å². The predicted octanol–water partition coefficient (Wildman–Crippen LogP) is 6.23. The summed E-state index contributed by atoms with van der Waals surface area (Å²) in [6.45, 7) is 4.36. The fourth-order valence-corrected chi connectivity index (χ4v) is 4.80. The molecule has 3 aromatic carbocycles. The van der Waals surface area contributed by atoms with E-state index in [1.807, 2.05) is 74.5 Å². The molecule has 1 heterocycles. The van der Waals surface area contributed by atoms with Crippen LogP contribution >= 0.6 is 23.1 Å². The van der Waals surface area contributed by atoms with Crippen LogP contribution in [0.2, 0.25) is 0 Å². The highest BCUT2D eigenvalue weighted by Gasteiger charge is 2.09. The van der Waals surface area contributed by atoms with E-state index in [-0.39, 0.29) is 11.8 Å². The molecule has 0 atom stereocenters. The minimum Gasteiger partial charge on any atom is -0.348 e. The van der Waals surface area contributed by atoms with E-state index in [9.17, 15) is 9.59 Å². The predicted molar refractivity (Wildman–Crippen MR) is 140 cm³/mol. The minimum absolute atomic E-state index is 0.138. The van der Waals surface area contributed by atoms with Gasteiger partial charge in [0.2, 0.25) is 0 Å². The fourth-order valence-electron chi connectivity index (χ4n) is 3.29. The summed E-state index contributed by atoms with van der Waals surface area (Å²) in [7, 11) is 0. The lowest BCUT2D eigenvalue weighted by atomic mass is 10.1. The molecule has 34 heavy (non-hydrogen) atoms. The van der Waals surface area contributed by atoms with Crippen LogP contribution in [0, 0.1) is 13.8 Å². The highest BCUT2D eigenvalue weighted by atomic mass is 32.2. The first-order valence-corrected chi connectivity index (χ1v) is 12.7. The number of carbonyl (C=O) groups is 2. The van der Waals surface area contributed by atoms with Gasteiger partial charge < -0.3 is 10.6 Å². The summed E-state index contributed by atoms with van der Waals surface area (Å²) in [5, 5.41) is 9.01. The van der Waals surface area contributed by atoms with E-state index in [1.165, 1.54) is 0 Å². The Morgan fingerprint density at radius 2 is 1.62 bits per heavy atom. The molecule has 0 saturated heterocycles. The molecule has 4 rings (SSSR count). The van der Waals surface area contributed by atoms with Gasteiger partial charge >= 0.3 is 0 Å². The molecular formula is C27H25N3O2S2. The Hall–Kier alpha value is -3.42. The van der Waals surface area contributed by atoms with Gasteiger partial charge in [-0.05, 0) is 67.9 Å². The number of anilines is 1. The third kappa shape index (κ3) is 6.56. The molecule has 5 nitrogen and oxygen atoms in total. The van der Waals surface area contributed by atoms with Crippen LogP contribution in [0.3, 0.4) is 0 Å². The van der Waals surface area contributed by atoms with Crippen LogP contribution in [0.5, 0.6) is 0 Å². The maximum Gasteiger partial charge on any atom is 0.255 e. The zero-order chi connectivity index (χ0) is 23.9. The average Bonchev–Trinajstić information content (AvgIpc) is 3.27. The van der Waals surface area contributed by atoms with E-state index in [0.717, 1.165) is 32.5 Å². The van der Waals surface area contributed by atoms with Crippen LogP contribution in [-0.4, -0.2) is 16.8 Å². The summed E-state index contributed by atoms with van der Waals surface area (Å²) >= 11 is 3.36. The molecule has 4 aromatic rings. The average molecular weight is 488 g/mol. The number of amides is 2. The van der Waals surface area contributed by atoms with Gasteiger partial charge in [-0.2, -0.15) is 0 Å². The van der Waals surface area contributed by atoms with Crippen LogP contribution in [0.4, 0.5) is 5.69 Å². The number of nitrogens with one attached hydrogen (secondary N) is 2. The molecule has 7 heteroatoms. The number of carbonyl (C=O) groups excluding carboxylic acids is 2. The SMILES string of the molecule is Cc1ccc(C(=O)Nc2cccc(CNC(=O)c3ccc(SCc4csc(C)n4)cc3)c2)cc1. The van der Waals surface area contributed by atoms with Crippen LogP contribution in [0.25, 0.3) is 0 Å². The quantitative estimate of drug-likeness (QED) is 0.289. The van der Waals surface area contributed by atoms with Crippen molar-refractivity contribution < 1.29 is 9.59 Å². The number of hydrogen-bond donors (Lipinski definition) is 2. The first kappa shape index (κ1) is 23.7. The van der Waals surface area contributed by atoms with Crippen molar-refractivity contribution in [2.45, 2.75) is 31.0 Å². The first-order chi connectivity index (χ1) is 16.5. The van der Waals surface area contributed by atoms with Gasteiger partial charge in [-0.15, -0.1) is 23.1 Å². The molecule has 0 spiro atoms. The molecule has 0 aliphatic heterocycles. The highest BCUT2D eigenvalue weighted by Crippen LogP contribution is 2.24. The first-order valence-electron chi connectivity index (χ1n) is 10.9. The zero-order valence-corrected chi connectivity index (χ0v) is 20.6. The van der Waals surface area contributed by atoms with Crippen LogP contribution < -0.4 is 10.6 Å². The molecule has 2 N–H and O–H groups in total. The Morgan fingerprint density at radius 1 is 0.912 bits per heavy atom. The lowest BCUT2D eigenvalue weighted by Crippen LogP contribution is -2.22. The van der Waals surface area contributed by atoms with Gasteiger partial charge in [-0.3, -0.25) is 9.59 Å². The molecule has 172 valence electrons. The number of benzene rings is 3. The molecule has 0 unspecified atom stereocenters. The number of thiazole rings is 1. The van der Waals surface area contributed by atoms with Crippen molar-refractivity contribution in [3.8, 4) is 0 Å². The maximum atomic E-state index is 12.6. The Balaban J connectivity index is 1.29. The number of aromatic nitrogens is 1. The zero-order valence-electron chi connectivity index (χ0n) is 19.0. The van der Waals surface area contributed by atoms with Crippen LogP contribution in [0.1, 0.15) is 42.5 Å². The fraction of sp³-hybridized carbons (Fsp3) is 0.148. The molecule has 2 amide bonds. The van der Waals surface area contributed by atoms with Crippen LogP contribution in [-0.2, 0) is 12.3 Å². The Kier molecular flexibility index (Phi) is 7.77. The number of rotatable bonds is 8. The van der Waals surface area contributed by atoms with Gasteiger partial charge in [0.15, 0.2) is 0 Å². The number of thioether (sulfide) groups is 1. The molecule has 0 fully saturated rings. The normalized spacial score (nSPS) is 10.6. The van der Waals surface area contributed by atoms with Crippen molar-refractivity contribution in [3.63, 3.8) is 0 Å². The van der Waals surface area contributed by atoms with Crippen molar-refractivity contribution in [1.82, 2.24) is 10.3 Å². The van der Waals surface area contributed by atoms with Crippen LogP contribution in [0.15, 0.2) is 83.1 Å². The number of nitrogens with zero attached hydrogens (tertiary/aromatic N) is 1. The summed E-state index contributed by atoms with van der Waals surface area (Å²) in [6, 6.07) is 22.5. The van der Waals surface area contributed by atoms with Gasteiger partial charge in [0.05, 0.1) is 10.7 Å². The second-order valence-corrected chi connectivity index (χ2v) is 9.99. The molecule has 0 saturated carbocycles. The molecule has 0 radical (unpaired) electrons. The third-order valence-corrected chi connectivity index (χ3v) is 6.99. The molecular weight excluding hydrogens is 462 g/mol. The minimum atomic E-state index is -0.163. The van der Waals surface area contributed by atoms with Gasteiger partial charge in [0.25, 0.3) is 11.8 Å². The van der Waals surface area contributed by atoms with E-state index in [1.54, 1.807) is 35.2 Å². The standard InChI is InChI=1S/C27H25N3O2S2/c1-18-6-8-22(9-7-18)27(32)30-23-5-3-4-20(14-23)15-28-26(31)21-10-12-25(13-11-21)34-17-24-16-33-19(2)29-24/h3-14,16H,15,17H2,1-2H3,(H,28,31)(H,30,32). The second-order valence-electron chi connectivity index (χ2n) is 7.87. The van der Waals surface area contributed by atoms with Gasteiger partial charge in [0, 0.05) is 39.4 Å². The highest BCUT2D eigenvalue weighted by molar-refractivity contribution is 7.98. The van der Waals surface area contributed by atoms with Crippen molar-refractivity contribution in [3.05, 3.63) is 111 Å². The summed E-state index contributed by atoms with van der Waals surface area (Å²) in [6.07, 6.45) is 0. The Labute approximate surface area is 207 Å². The molecule has 0 bridgehead atoms. The Bertz CT molecular complexity index is 1280. The van der Waals surface area contributed by atoms with Crippen molar-refractivity contribution in [2.24, 2.45) is 0 Å². The smallest absolute Gasteiger partial charge is 0.255 e. The lowest BCUT2D eigenvalue weighted by Gasteiger charge is -2.09. The summed E-state index contributed by atoms with van der Waals surface area (Å²) in [5.74, 6) is 0.511. The van der Waals surface area contributed by atoms with Crippen molar-refractivity contribution in [1.29, 1.82) is 0 Å². The van der Waals surface area contributed by atoms with E-state index in [2.05, 4.69) is 21.0 Å². The summed E-state index contributed by atoms with van der Waals surface area (Å²) in [4.78, 5) is 30.6. The van der Waals surface area contributed by atoms with Gasteiger partial charge in [0.1, 0.15) is 0 Å². The third-order valence-electron chi connectivity index (χ3n) is 5.12. The van der Waals surface area contributed by atoms with E-state index >= 15 is 0 Å². The maximum absolute atomic E-state index is 12.6.